The largest absolute Gasteiger partial charge is 0.494 e. The number of benzene rings is 1. The Kier molecular flexibility index (Phi) is 6.18. The monoisotopic (exact) mass is 262 g/mol. The number of nitrogens with one attached hydrogen (secondary N) is 2. The van der Waals surface area contributed by atoms with Gasteiger partial charge in [-0.05, 0) is 69.9 Å². The van der Waals surface area contributed by atoms with E-state index in [0.29, 0.717) is 0 Å². The quantitative estimate of drug-likeness (QED) is 0.706. The second kappa shape index (κ2) is 8.18. The van der Waals surface area contributed by atoms with E-state index in [-0.39, 0.29) is 0 Å². The Morgan fingerprint density at radius 2 is 2.11 bits per heavy atom. The van der Waals surface area contributed by atoms with E-state index in [0.717, 1.165) is 37.9 Å². The molecule has 0 saturated carbocycles. The molecule has 1 unspecified atom stereocenters. The Bertz CT molecular complexity index is 344. The summed E-state index contributed by atoms with van der Waals surface area (Å²) in [6, 6.07) is 9.18. The van der Waals surface area contributed by atoms with Gasteiger partial charge in [0.1, 0.15) is 5.75 Å². The van der Waals surface area contributed by atoms with Crippen molar-refractivity contribution in [1.82, 2.24) is 10.6 Å². The predicted molar refractivity (Wildman–Crippen MR) is 79.8 cm³/mol. The van der Waals surface area contributed by atoms with Crippen molar-refractivity contribution in [3.05, 3.63) is 29.8 Å². The van der Waals surface area contributed by atoms with Gasteiger partial charge in [-0.3, -0.25) is 0 Å². The molecule has 1 heterocycles. The SMILES string of the molecule is CCOc1ccc(CCNCCC2CCCN2)cc1. The van der Waals surface area contributed by atoms with Crippen molar-refractivity contribution in [3.63, 3.8) is 0 Å². The molecule has 0 radical (unpaired) electrons. The molecule has 106 valence electrons. The van der Waals surface area contributed by atoms with Crippen molar-refractivity contribution in [2.24, 2.45) is 0 Å². The van der Waals surface area contributed by atoms with Crippen LogP contribution in [0, 0.1) is 0 Å². The van der Waals surface area contributed by atoms with Gasteiger partial charge in [-0.2, -0.15) is 0 Å². The van der Waals surface area contributed by atoms with Crippen LogP contribution in [0.3, 0.4) is 0 Å². The number of rotatable bonds is 8. The highest BCUT2D eigenvalue weighted by molar-refractivity contribution is 5.27. The second-order valence-electron chi connectivity index (χ2n) is 5.16. The highest BCUT2D eigenvalue weighted by atomic mass is 16.5. The molecule has 3 nitrogen and oxygen atoms in total. The van der Waals surface area contributed by atoms with E-state index in [2.05, 4.69) is 34.9 Å². The van der Waals surface area contributed by atoms with Gasteiger partial charge >= 0.3 is 0 Å². The highest BCUT2D eigenvalue weighted by Gasteiger charge is 2.12. The molecule has 1 aliphatic heterocycles. The van der Waals surface area contributed by atoms with Crippen molar-refractivity contribution >= 4 is 0 Å². The van der Waals surface area contributed by atoms with E-state index in [4.69, 9.17) is 4.74 Å². The van der Waals surface area contributed by atoms with Crippen LogP contribution in [0.4, 0.5) is 0 Å². The Morgan fingerprint density at radius 3 is 2.79 bits per heavy atom. The summed E-state index contributed by atoms with van der Waals surface area (Å²) in [6.07, 6.45) is 5.03. The number of ether oxygens (including phenoxy) is 1. The zero-order valence-electron chi connectivity index (χ0n) is 12.0. The summed E-state index contributed by atoms with van der Waals surface area (Å²) in [4.78, 5) is 0. The van der Waals surface area contributed by atoms with Crippen LogP contribution < -0.4 is 15.4 Å². The number of hydrogen-bond donors (Lipinski definition) is 2. The van der Waals surface area contributed by atoms with Gasteiger partial charge in [-0.25, -0.2) is 0 Å². The van der Waals surface area contributed by atoms with E-state index in [1.54, 1.807) is 0 Å². The van der Waals surface area contributed by atoms with Crippen molar-refractivity contribution in [2.45, 2.75) is 38.6 Å². The lowest BCUT2D eigenvalue weighted by Crippen LogP contribution is -2.28. The topological polar surface area (TPSA) is 33.3 Å². The van der Waals surface area contributed by atoms with E-state index in [9.17, 15) is 0 Å². The molecular weight excluding hydrogens is 236 g/mol. The second-order valence-corrected chi connectivity index (χ2v) is 5.16. The first-order valence-corrected chi connectivity index (χ1v) is 7.54. The van der Waals surface area contributed by atoms with Gasteiger partial charge in [0, 0.05) is 6.04 Å². The van der Waals surface area contributed by atoms with Crippen LogP contribution in [0.5, 0.6) is 5.75 Å². The van der Waals surface area contributed by atoms with Crippen molar-refractivity contribution < 1.29 is 4.74 Å². The molecule has 1 atom stereocenters. The molecule has 0 aliphatic carbocycles. The summed E-state index contributed by atoms with van der Waals surface area (Å²) < 4.78 is 5.44. The fourth-order valence-electron chi connectivity index (χ4n) is 2.56. The summed E-state index contributed by atoms with van der Waals surface area (Å²) in [7, 11) is 0. The fourth-order valence-corrected chi connectivity index (χ4v) is 2.56. The maximum absolute atomic E-state index is 5.44. The highest BCUT2D eigenvalue weighted by Crippen LogP contribution is 2.12. The Hall–Kier alpha value is -1.06. The van der Waals surface area contributed by atoms with Gasteiger partial charge in [0.15, 0.2) is 0 Å². The van der Waals surface area contributed by atoms with Crippen molar-refractivity contribution in [3.8, 4) is 5.75 Å². The molecule has 2 N–H and O–H groups in total. The van der Waals surface area contributed by atoms with Gasteiger partial charge in [-0.15, -0.1) is 0 Å². The lowest BCUT2D eigenvalue weighted by molar-refractivity contribution is 0.340. The van der Waals surface area contributed by atoms with Crippen molar-refractivity contribution in [2.75, 3.05) is 26.2 Å². The van der Waals surface area contributed by atoms with E-state index < -0.39 is 0 Å². The van der Waals surface area contributed by atoms with Crippen LogP contribution in [0.2, 0.25) is 0 Å². The molecule has 1 aromatic carbocycles. The molecule has 1 saturated heterocycles. The van der Waals surface area contributed by atoms with Gasteiger partial charge in [0.05, 0.1) is 6.61 Å². The van der Waals surface area contributed by atoms with Gasteiger partial charge < -0.3 is 15.4 Å². The minimum absolute atomic E-state index is 0.732. The standard InChI is InChI=1S/C16H26N2O/c1-2-19-16-7-5-14(6-8-16)9-12-17-13-10-15-4-3-11-18-15/h5-8,15,17-18H,2-4,9-13H2,1H3. The molecule has 1 fully saturated rings. The third kappa shape index (κ3) is 5.21. The molecule has 0 amide bonds. The average molecular weight is 262 g/mol. The lowest BCUT2D eigenvalue weighted by atomic mass is 10.1. The van der Waals surface area contributed by atoms with Crippen LogP contribution in [-0.4, -0.2) is 32.3 Å². The van der Waals surface area contributed by atoms with Crippen molar-refractivity contribution in [1.29, 1.82) is 0 Å². The number of hydrogen-bond acceptors (Lipinski definition) is 3. The Morgan fingerprint density at radius 1 is 1.26 bits per heavy atom. The van der Waals surface area contributed by atoms with E-state index >= 15 is 0 Å². The first-order valence-electron chi connectivity index (χ1n) is 7.54. The molecule has 0 spiro atoms. The summed E-state index contributed by atoms with van der Waals surface area (Å²) in [5.74, 6) is 0.964. The maximum atomic E-state index is 5.44. The normalized spacial score (nSPS) is 18.7. The Balaban J connectivity index is 1.57. The summed E-state index contributed by atoms with van der Waals surface area (Å²) in [5.41, 5.74) is 1.37. The van der Waals surface area contributed by atoms with Crippen LogP contribution in [0.1, 0.15) is 31.7 Å². The van der Waals surface area contributed by atoms with Crippen LogP contribution in [0.25, 0.3) is 0 Å². The molecule has 0 bridgehead atoms. The summed E-state index contributed by atoms with van der Waals surface area (Å²) in [5, 5.41) is 7.06. The third-order valence-electron chi connectivity index (χ3n) is 3.66. The molecule has 1 aromatic rings. The Labute approximate surface area is 116 Å². The van der Waals surface area contributed by atoms with Crippen LogP contribution in [-0.2, 0) is 6.42 Å². The molecule has 1 aliphatic rings. The average Bonchev–Trinajstić information content (AvgIpc) is 2.94. The maximum Gasteiger partial charge on any atom is 0.119 e. The third-order valence-corrected chi connectivity index (χ3v) is 3.66. The van der Waals surface area contributed by atoms with Crippen LogP contribution in [0.15, 0.2) is 24.3 Å². The molecule has 0 aromatic heterocycles. The zero-order chi connectivity index (χ0) is 13.3. The molecule has 3 heteroatoms. The minimum atomic E-state index is 0.732. The predicted octanol–water partition coefficient (Wildman–Crippen LogP) is 2.36. The summed E-state index contributed by atoms with van der Waals surface area (Å²) in [6.45, 7) is 6.12. The fraction of sp³-hybridized carbons (Fsp3) is 0.625. The van der Waals surface area contributed by atoms with Gasteiger partial charge in [-0.1, -0.05) is 12.1 Å². The minimum Gasteiger partial charge on any atom is -0.494 e. The first-order chi connectivity index (χ1) is 9.38. The van der Waals surface area contributed by atoms with Gasteiger partial charge in [0.2, 0.25) is 0 Å². The summed E-state index contributed by atoms with van der Waals surface area (Å²) >= 11 is 0. The van der Waals surface area contributed by atoms with Crippen LogP contribution >= 0.6 is 0 Å². The zero-order valence-corrected chi connectivity index (χ0v) is 12.0. The lowest BCUT2D eigenvalue weighted by Gasteiger charge is -2.10. The smallest absolute Gasteiger partial charge is 0.119 e. The molecular formula is C16H26N2O. The molecule has 19 heavy (non-hydrogen) atoms. The van der Waals surface area contributed by atoms with E-state index in [1.807, 2.05) is 6.92 Å². The van der Waals surface area contributed by atoms with Gasteiger partial charge in [0.25, 0.3) is 0 Å². The van der Waals surface area contributed by atoms with E-state index in [1.165, 1.54) is 31.4 Å². The molecule has 2 rings (SSSR count). The first kappa shape index (κ1) is 14.4.